The predicted octanol–water partition coefficient (Wildman–Crippen LogP) is 2.84. The third kappa shape index (κ3) is 5.35. The van der Waals surface area contributed by atoms with Crippen LogP contribution < -0.4 is 10.6 Å². The first-order valence-electron chi connectivity index (χ1n) is 9.14. The average molecular weight is 365 g/mol. The van der Waals surface area contributed by atoms with Gasteiger partial charge in [-0.25, -0.2) is 4.39 Å². The molecule has 1 saturated heterocycles. The van der Waals surface area contributed by atoms with Gasteiger partial charge >= 0.3 is 0 Å². The molecular formula is C19H29FN4S. The molecule has 1 aliphatic heterocycles. The lowest BCUT2D eigenvalue weighted by Gasteiger charge is -2.17. The summed E-state index contributed by atoms with van der Waals surface area (Å²) in [5, 5.41) is 6.83. The Balaban J connectivity index is 1.46. The van der Waals surface area contributed by atoms with Crippen LogP contribution in [0.25, 0.3) is 0 Å². The fourth-order valence-corrected chi connectivity index (χ4v) is 4.08. The Bertz CT molecular complexity index is 603. The molecule has 138 valence electrons. The Morgan fingerprint density at radius 3 is 2.84 bits per heavy atom. The van der Waals surface area contributed by atoms with Crippen molar-refractivity contribution in [3.8, 4) is 0 Å². The van der Waals surface area contributed by atoms with Gasteiger partial charge in [-0.05, 0) is 61.2 Å². The smallest absolute Gasteiger partial charge is 0.191 e. The molecule has 25 heavy (non-hydrogen) atoms. The van der Waals surface area contributed by atoms with E-state index in [4.69, 9.17) is 0 Å². The zero-order chi connectivity index (χ0) is 17.6. The van der Waals surface area contributed by atoms with Crippen molar-refractivity contribution in [2.45, 2.75) is 37.6 Å². The van der Waals surface area contributed by atoms with E-state index in [0.29, 0.717) is 12.5 Å². The first-order valence-corrected chi connectivity index (χ1v) is 10.5. The summed E-state index contributed by atoms with van der Waals surface area (Å²) in [7, 11) is 1.80. The summed E-state index contributed by atoms with van der Waals surface area (Å²) >= 11 is 1.71. The molecule has 3 rings (SSSR count). The minimum atomic E-state index is -0.170. The van der Waals surface area contributed by atoms with Crippen LogP contribution in [0.5, 0.6) is 0 Å². The number of nitrogens with zero attached hydrogens (tertiary/aromatic N) is 2. The van der Waals surface area contributed by atoms with Crippen molar-refractivity contribution in [1.82, 2.24) is 15.5 Å². The molecule has 0 spiro atoms. The topological polar surface area (TPSA) is 39.7 Å². The van der Waals surface area contributed by atoms with E-state index in [1.165, 1.54) is 38.4 Å². The van der Waals surface area contributed by atoms with Crippen LogP contribution in [0, 0.1) is 11.7 Å². The molecule has 1 aromatic rings. The Labute approximate surface area is 154 Å². The van der Waals surface area contributed by atoms with Crippen molar-refractivity contribution < 1.29 is 4.39 Å². The van der Waals surface area contributed by atoms with Crippen LogP contribution in [0.2, 0.25) is 0 Å². The zero-order valence-electron chi connectivity index (χ0n) is 15.2. The highest BCUT2D eigenvalue weighted by atomic mass is 32.2. The van der Waals surface area contributed by atoms with Gasteiger partial charge < -0.3 is 15.5 Å². The predicted molar refractivity (Wildman–Crippen MR) is 105 cm³/mol. The standard InChI is InChI=1S/C19H29FN4S/c1-21-19(22-10-14-7-8-24(12-14)18-5-6-18)23-11-15-3-4-17(20)9-16(15)13-25-2/h3-4,9,14,18H,5-8,10-13H2,1-2H3,(H2,21,22,23). The van der Waals surface area contributed by atoms with Gasteiger partial charge in [-0.15, -0.1) is 0 Å². The number of likely N-dealkylation sites (tertiary alicyclic amines) is 1. The Morgan fingerprint density at radius 2 is 2.12 bits per heavy atom. The fourth-order valence-electron chi connectivity index (χ4n) is 3.50. The van der Waals surface area contributed by atoms with E-state index in [2.05, 4.69) is 20.5 Å². The molecule has 1 aromatic carbocycles. The normalized spacial score (nSPS) is 21.6. The average Bonchev–Trinajstić information content (AvgIpc) is 3.35. The number of nitrogens with one attached hydrogen (secondary N) is 2. The Morgan fingerprint density at radius 1 is 1.28 bits per heavy atom. The van der Waals surface area contributed by atoms with E-state index < -0.39 is 0 Å². The molecule has 1 saturated carbocycles. The summed E-state index contributed by atoms with van der Waals surface area (Å²) in [4.78, 5) is 6.96. The molecule has 0 aromatic heterocycles. The van der Waals surface area contributed by atoms with Gasteiger partial charge in [0.1, 0.15) is 5.82 Å². The first-order chi connectivity index (χ1) is 12.2. The maximum atomic E-state index is 13.5. The SMILES string of the molecule is CN=C(NCc1ccc(F)cc1CSC)NCC1CCN(C2CC2)C1. The second-order valence-electron chi connectivity index (χ2n) is 7.03. The molecule has 4 nitrogen and oxygen atoms in total. The van der Waals surface area contributed by atoms with Crippen LogP contribution in [0.15, 0.2) is 23.2 Å². The molecule has 1 atom stereocenters. The number of hydrogen-bond acceptors (Lipinski definition) is 3. The molecule has 2 aliphatic rings. The Hall–Kier alpha value is -1.27. The van der Waals surface area contributed by atoms with Crippen molar-refractivity contribution >= 4 is 17.7 Å². The van der Waals surface area contributed by atoms with Crippen molar-refractivity contribution in [3.05, 3.63) is 35.1 Å². The van der Waals surface area contributed by atoms with Crippen LogP contribution in [0.4, 0.5) is 4.39 Å². The summed E-state index contributed by atoms with van der Waals surface area (Å²) in [6, 6.07) is 5.90. The number of halogens is 1. The fraction of sp³-hybridized carbons (Fsp3) is 0.632. The number of benzene rings is 1. The lowest BCUT2D eigenvalue weighted by Crippen LogP contribution is -2.40. The first kappa shape index (κ1) is 18.5. The van der Waals surface area contributed by atoms with Crippen molar-refractivity contribution in [2.24, 2.45) is 10.9 Å². The van der Waals surface area contributed by atoms with Gasteiger partial charge in [0, 0.05) is 38.5 Å². The van der Waals surface area contributed by atoms with Crippen molar-refractivity contribution in [2.75, 3.05) is 32.9 Å². The number of aliphatic imine (C=N–C) groups is 1. The number of thioether (sulfide) groups is 1. The summed E-state index contributed by atoms with van der Waals surface area (Å²) in [5.41, 5.74) is 2.17. The third-order valence-corrected chi connectivity index (χ3v) is 5.68. The zero-order valence-corrected chi connectivity index (χ0v) is 16.0. The lowest BCUT2D eigenvalue weighted by molar-refractivity contribution is 0.314. The molecule has 1 heterocycles. The maximum absolute atomic E-state index is 13.5. The van der Waals surface area contributed by atoms with Gasteiger partial charge in [-0.2, -0.15) is 11.8 Å². The van der Waals surface area contributed by atoms with Crippen molar-refractivity contribution in [3.63, 3.8) is 0 Å². The minimum Gasteiger partial charge on any atom is -0.356 e. The van der Waals surface area contributed by atoms with Gasteiger partial charge in [0.25, 0.3) is 0 Å². The van der Waals surface area contributed by atoms with E-state index >= 15 is 0 Å². The van der Waals surface area contributed by atoms with E-state index in [1.807, 2.05) is 12.3 Å². The van der Waals surface area contributed by atoms with E-state index in [-0.39, 0.29) is 5.82 Å². The molecule has 6 heteroatoms. The number of guanidine groups is 1. The lowest BCUT2D eigenvalue weighted by atomic mass is 10.1. The second kappa shape index (κ2) is 8.90. The van der Waals surface area contributed by atoms with Crippen LogP contribution >= 0.6 is 11.8 Å². The van der Waals surface area contributed by atoms with E-state index in [0.717, 1.165) is 35.4 Å². The monoisotopic (exact) mass is 364 g/mol. The summed E-state index contributed by atoms with van der Waals surface area (Å²) < 4.78 is 13.5. The summed E-state index contributed by atoms with van der Waals surface area (Å²) in [6.07, 6.45) is 6.09. The van der Waals surface area contributed by atoms with Gasteiger partial charge in [0.05, 0.1) is 0 Å². The Kier molecular flexibility index (Phi) is 6.59. The number of hydrogen-bond donors (Lipinski definition) is 2. The molecule has 0 radical (unpaired) electrons. The molecule has 1 aliphatic carbocycles. The van der Waals surface area contributed by atoms with E-state index in [9.17, 15) is 4.39 Å². The molecular weight excluding hydrogens is 335 g/mol. The molecule has 1 unspecified atom stereocenters. The van der Waals surface area contributed by atoms with Crippen LogP contribution in [0.3, 0.4) is 0 Å². The van der Waals surface area contributed by atoms with Crippen LogP contribution in [0.1, 0.15) is 30.4 Å². The molecule has 0 amide bonds. The highest BCUT2D eigenvalue weighted by Gasteiger charge is 2.34. The van der Waals surface area contributed by atoms with Crippen LogP contribution in [-0.4, -0.2) is 49.8 Å². The molecule has 0 bridgehead atoms. The highest BCUT2D eigenvalue weighted by molar-refractivity contribution is 7.97. The summed E-state index contributed by atoms with van der Waals surface area (Å²) in [6.45, 7) is 4.08. The second-order valence-corrected chi connectivity index (χ2v) is 7.90. The third-order valence-electron chi connectivity index (χ3n) is 5.08. The minimum absolute atomic E-state index is 0.170. The van der Waals surface area contributed by atoms with Gasteiger partial charge in [-0.3, -0.25) is 4.99 Å². The van der Waals surface area contributed by atoms with Crippen LogP contribution in [-0.2, 0) is 12.3 Å². The van der Waals surface area contributed by atoms with Gasteiger partial charge in [-0.1, -0.05) is 6.07 Å². The molecule has 2 fully saturated rings. The largest absolute Gasteiger partial charge is 0.356 e. The number of rotatable bonds is 7. The van der Waals surface area contributed by atoms with Crippen molar-refractivity contribution in [1.29, 1.82) is 0 Å². The molecule has 2 N–H and O–H groups in total. The quantitative estimate of drug-likeness (QED) is 0.577. The van der Waals surface area contributed by atoms with E-state index in [1.54, 1.807) is 24.9 Å². The van der Waals surface area contributed by atoms with Gasteiger partial charge in [0.2, 0.25) is 0 Å². The highest BCUT2D eigenvalue weighted by Crippen LogP contribution is 2.31. The summed E-state index contributed by atoms with van der Waals surface area (Å²) in [5.74, 6) is 2.18. The maximum Gasteiger partial charge on any atom is 0.191 e. The van der Waals surface area contributed by atoms with Gasteiger partial charge in [0.15, 0.2) is 5.96 Å².